The van der Waals surface area contributed by atoms with Crippen molar-refractivity contribution in [3.63, 3.8) is 0 Å². The Hall–Kier alpha value is -3.56. The molecule has 0 saturated carbocycles. The summed E-state index contributed by atoms with van der Waals surface area (Å²) in [5, 5.41) is 10.6. The fraction of sp³-hybridized carbons (Fsp3) is 0.296. The molecule has 0 aliphatic carbocycles. The van der Waals surface area contributed by atoms with E-state index in [1.165, 1.54) is 12.1 Å². The van der Waals surface area contributed by atoms with Gasteiger partial charge in [-0.3, -0.25) is 0 Å². The number of piperidine rings is 1. The molecular formula is C27H30FN7S. The van der Waals surface area contributed by atoms with Gasteiger partial charge in [-0.1, -0.05) is 30.3 Å². The Balaban J connectivity index is 1.13. The van der Waals surface area contributed by atoms with Crippen molar-refractivity contribution in [3.05, 3.63) is 84.3 Å². The summed E-state index contributed by atoms with van der Waals surface area (Å²) in [4.78, 5) is 11.6. The number of anilines is 2. The molecule has 3 N–H and O–H groups in total. The first-order valence-corrected chi connectivity index (χ1v) is 12.7. The molecule has 9 heteroatoms. The third-order valence-electron chi connectivity index (χ3n) is 6.45. The van der Waals surface area contributed by atoms with Crippen LogP contribution in [0.5, 0.6) is 0 Å². The Bertz CT molecular complexity index is 1280. The number of rotatable bonds is 8. The van der Waals surface area contributed by atoms with Gasteiger partial charge in [0, 0.05) is 38.4 Å². The number of pyridine rings is 1. The smallest absolute Gasteiger partial charge is 0.204 e. The molecule has 0 unspecified atom stereocenters. The molecule has 7 nitrogen and oxygen atoms in total. The van der Waals surface area contributed by atoms with E-state index in [0.29, 0.717) is 17.7 Å². The van der Waals surface area contributed by atoms with Gasteiger partial charge in [0.15, 0.2) is 5.11 Å². The number of thiocarbonyl (C=S) groups is 1. The van der Waals surface area contributed by atoms with Crippen LogP contribution in [-0.4, -0.2) is 56.8 Å². The summed E-state index contributed by atoms with van der Waals surface area (Å²) in [7, 11) is 0. The van der Waals surface area contributed by atoms with Crippen LogP contribution >= 0.6 is 12.2 Å². The standard InChI is InChI=1S/C27H30FN7S/c28-21-10-8-20(9-11-21)19-35-24-6-2-1-5-23(24)32-26(35)31-22-12-16-34(17-13-22)18-15-30-27(36)33-25-7-3-4-14-29-25/h1-11,14,22H,12-13,15-19H2,(H,31,32)(H2,29,30,33,36). The summed E-state index contributed by atoms with van der Waals surface area (Å²) in [6.07, 6.45) is 3.81. The summed E-state index contributed by atoms with van der Waals surface area (Å²) < 4.78 is 15.6. The Kier molecular flexibility index (Phi) is 7.68. The van der Waals surface area contributed by atoms with Crippen LogP contribution in [0.15, 0.2) is 72.9 Å². The number of fused-ring (bicyclic) bond motifs is 1. The van der Waals surface area contributed by atoms with E-state index in [0.717, 1.165) is 67.4 Å². The quantitative estimate of drug-likeness (QED) is 0.306. The predicted molar refractivity (Wildman–Crippen MR) is 147 cm³/mol. The van der Waals surface area contributed by atoms with Crippen LogP contribution in [0.2, 0.25) is 0 Å². The molecule has 0 spiro atoms. The molecule has 186 valence electrons. The van der Waals surface area contributed by atoms with Crippen molar-refractivity contribution in [2.75, 3.05) is 36.8 Å². The van der Waals surface area contributed by atoms with E-state index in [9.17, 15) is 4.39 Å². The summed E-state index contributed by atoms with van der Waals surface area (Å²) in [6, 6.07) is 20.9. The summed E-state index contributed by atoms with van der Waals surface area (Å²) in [5.74, 6) is 1.39. The van der Waals surface area contributed by atoms with E-state index in [1.54, 1.807) is 6.20 Å². The highest BCUT2D eigenvalue weighted by atomic mass is 32.1. The van der Waals surface area contributed by atoms with Gasteiger partial charge in [0.1, 0.15) is 11.6 Å². The summed E-state index contributed by atoms with van der Waals surface area (Å²) in [5.41, 5.74) is 3.07. The molecule has 5 rings (SSSR count). The second-order valence-corrected chi connectivity index (χ2v) is 9.40. The van der Waals surface area contributed by atoms with Crippen LogP contribution in [0.1, 0.15) is 18.4 Å². The minimum Gasteiger partial charge on any atom is -0.361 e. The van der Waals surface area contributed by atoms with Gasteiger partial charge in [0.05, 0.1) is 17.6 Å². The zero-order chi connectivity index (χ0) is 24.7. The Morgan fingerprint density at radius 2 is 1.78 bits per heavy atom. The lowest BCUT2D eigenvalue weighted by Gasteiger charge is -2.32. The van der Waals surface area contributed by atoms with Crippen molar-refractivity contribution >= 4 is 40.1 Å². The van der Waals surface area contributed by atoms with Crippen LogP contribution in [0.4, 0.5) is 16.2 Å². The first kappa shape index (κ1) is 24.1. The number of para-hydroxylation sites is 2. The number of halogens is 1. The van der Waals surface area contributed by atoms with E-state index in [2.05, 4.69) is 36.5 Å². The maximum atomic E-state index is 13.4. The monoisotopic (exact) mass is 503 g/mol. The molecule has 1 aliphatic rings. The van der Waals surface area contributed by atoms with Crippen LogP contribution in [0, 0.1) is 5.82 Å². The van der Waals surface area contributed by atoms with E-state index in [1.807, 2.05) is 48.5 Å². The molecule has 2 aromatic heterocycles. The lowest BCUT2D eigenvalue weighted by molar-refractivity contribution is 0.222. The summed E-state index contributed by atoms with van der Waals surface area (Å²) in [6.45, 7) is 4.38. The number of imidazole rings is 1. The average Bonchev–Trinajstić information content (AvgIpc) is 3.23. The Morgan fingerprint density at radius 1 is 1.00 bits per heavy atom. The third kappa shape index (κ3) is 6.16. The third-order valence-corrected chi connectivity index (χ3v) is 6.70. The van der Waals surface area contributed by atoms with Crippen molar-refractivity contribution in [3.8, 4) is 0 Å². The number of nitrogens with one attached hydrogen (secondary N) is 3. The second kappa shape index (κ2) is 11.5. The number of benzene rings is 2. The lowest BCUT2D eigenvalue weighted by atomic mass is 10.1. The first-order valence-electron chi connectivity index (χ1n) is 12.3. The molecule has 0 bridgehead atoms. The molecular weight excluding hydrogens is 473 g/mol. The second-order valence-electron chi connectivity index (χ2n) is 8.99. The van der Waals surface area contributed by atoms with E-state index in [-0.39, 0.29) is 5.82 Å². The fourth-order valence-corrected chi connectivity index (χ4v) is 4.73. The SMILES string of the molecule is Fc1ccc(Cn2c(NC3CCN(CCNC(=S)Nc4ccccn4)CC3)nc3ccccc32)cc1. The normalized spacial score (nSPS) is 14.6. The van der Waals surface area contributed by atoms with E-state index < -0.39 is 0 Å². The van der Waals surface area contributed by atoms with Gasteiger partial charge in [0.25, 0.3) is 0 Å². The van der Waals surface area contributed by atoms with Gasteiger partial charge in [0.2, 0.25) is 5.95 Å². The topological polar surface area (TPSA) is 70.0 Å². The minimum atomic E-state index is -0.221. The van der Waals surface area contributed by atoms with Gasteiger partial charge < -0.3 is 25.4 Å². The van der Waals surface area contributed by atoms with Crippen molar-refractivity contribution < 1.29 is 4.39 Å². The molecule has 1 aliphatic heterocycles. The van der Waals surface area contributed by atoms with Crippen LogP contribution in [-0.2, 0) is 6.54 Å². The molecule has 0 radical (unpaired) electrons. The highest BCUT2D eigenvalue weighted by Gasteiger charge is 2.21. The van der Waals surface area contributed by atoms with Crippen molar-refractivity contribution in [1.82, 2.24) is 24.8 Å². The predicted octanol–water partition coefficient (Wildman–Crippen LogP) is 4.48. The maximum Gasteiger partial charge on any atom is 0.204 e. The largest absolute Gasteiger partial charge is 0.361 e. The van der Waals surface area contributed by atoms with Crippen LogP contribution in [0.3, 0.4) is 0 Å². The Labute approximate surface area is 215 Å². The van der Waals surface area contributed by atoms with Gasteiger partial charge in [-0.2, -0.15) is 0 Å². The zero-order valence-electron chi connectivity index (χ0n) is 20.0. The molecule has 3 heterocycles. The zero-order valence-corrected chi connectivity index (χ0v) is 20.8. The number of aromatic nitrogens is 3. The van der Waals surface area contributed by atoms with Crippen LogP contribution < -0.4 is 16.0 Å². The Morgan fingerprint density at radius 3 is 2.56 bits per heavy atom. The molecule has 0 amide bonds. The minimum absolute atomic E-state index is 0.221. The molecule has 2 aromatic carbocycles. The molecule has 0 atom stereocenters. The van der Waals surface area contributed by atoms with Gasteiger partial charge in [-0.25, -0.2) is 14.4 Å². The number of hydrogen-bond acceptors (Lipinski definition) is 5. The van der Waals surface area contributed by atoms with Gasteiger partial charge in [-0.15, -0.1) is 0 Å². The van der Waals surface area contributed by atoms with Crippen molar-refractivity contribution in [2.45, 2.75) is 25.4 Å². The number of nitrogens with zero attached hydrogens (tertiary/aromatic N) is 4. The summed E-state index contributed by atoms with van der Waals surface area (Å²) >= 11 is 5.37. The van der Waals surface area contributed by atoms with E-state index >= 15 is 0 Å². The fourth-order valence-electron chi connectivity index (χ4n) is 4.53. The van der Waals surface area contributed by atoms with Gasteiger partial charge >= 0.3 is 0 Å². The highest BCUT2D eigenvalue weighted by molar-refractivity contribution is 7.80. The highest BCUT2D eigenvalue weighted by Crippen LogP contribution is 2.24. The maximum absolute atomic E-state index is 13.4. The first-order chi connectivity index (χ1) is 17.6. The van der Waals surface area contributed by atoms with E-state index in [4.69, 9.17) is 17.2 Å². The molecule has 36 heavy (non-hydrogen) atoms. The van der Waals surface area contributed by atoms with Crippen LogP contribution in [0.25, 0.3) is 11.0 Å². The molecule has 4 aromatic rings. The van der Waals surface area contributed by atoms with Gasteiger partial charge in [-0.05, 0) is 67.0 Å². The van der Waals surface area contributed by atoms with Crippen molar-refractivity contribution in [2.24, 2.45) is 0 Å². The number of hydrogen-bond donors (Lipinski definition) is 3. The average molecular weight is 504 g/mol. The lowest BCUT2D eigenvalue weighted by Crippen LogP contribution is -2.43. The van der Waals surface area contributed by atoms with Crippen molar-refractivity contribution in [1.29, 1.82) is 0 Å². The molecule has 1 fully saturated rings. The number of likely N-dealkylation sites (tertiary alicyclic amines) is 1. The molecule has 1 saturated heterocycles.